The molecule has 0 fully saturated rings. The van der Waals surface area contributed by atoms with Crippen molar-refractivity contribution in [2.24, 2.45) is 7.05 Å². The normalized spacial score (nSPS) is 12.1. The summed E-state index contributed by atoms with van der Waals surface area (Å²) in [5.74, 6) is 2.00. The Hall–Kier alpha value is -2.54. The molecule has 1 amide bonds. The molecule has 0 aliphatic rings. The minimum Gasteiger partial charge on any atom is -0.461 e. The molecule has 1 atom stereocenters. The minimum absolute atomic E-state index is 0.0751. The molecule has 0 saturated carbocycles. The molecule has 0 bridgehead atoms. The second-order valence-electron chi connectivity index (χ2n) is 6.11. The Bertz CT molecular complexity index is 856. The van der Waals surface area contributed by atoms with Gasteiger partial charge < -0.3 is 14.3 Å². The van der Waals surface area contributed by atoms with Crippen LogP contribution in [0.25, 0.3) is 11.6 Å². The highest BCUT2D eigenvalue weighted by Crippen LogP contribution is 2.23. The zero-order valence-electron chi connectivity index (χ0n) is 15.1. The van der Waals surface area contributed by atoms with Crippen molar-refractivity contribution in [2.45, 2.75) is 31.3 Å². The number of carbonyl (C=O) groups is 1. The fourth-order valence-corrected chi connectivity index (χ4v) is 3.23. The Kier molecular flexibility index (Phi) is 5.78. The first-order valence-corrected chi connectivity index (χ1v) is 9.53. The van der Waals surface area contributed by atoms with Gasteiger partial charge in [-0.3, -0.25) is 4.79 Å². The Morgan fingerprint density at radius 3 is 2.69 bits per heavy atom. The van der Waals surface area contributed by atoms with Crippen molar-refractivity contribution >= 4 is 23.4 Å². The lowest BCUT2D eigenvalue weighted by molar-refractivity contribution is -0.113. The number of nitrogens with zero attached hydrogens (tertiary/aromatic N) is 3. The van der Waals surface area contributed by atoms with Gasteiger partial charge >= 0.3 is 0 Å². The van der Waals surface area contributed by atoms with E-state index in [-0.39, 0.29) is 11.7 Å². The van der Waals surface area contributed by atoms with Gasteiger partial charge in [-0.2, -0.15) is 0 Å². The molecule has 2 aromatic heterocycles. The topological polar surface area (TPSA) is 73.0 Å². The molecule has 1 aromatic carbocycles. The van der Waals surface area contributed by atoms with E-state index in [1.807, 2.05) is 29.8 Å². The van der Waals surface area contributed by atoms with E-state index in [2.05, 4.69) is 41.5 Å². The SMILES string of the molecule is CCC(C)c1ccc(NC(=O)CSc2nnc(-c3ccco3)n2C)cc1. The summed E-state index contributed by atoms with van der Waals surface area (Å²) in [6.45, 7) is 4.36. The fourth-order valence-electron chi connectivity index (χ4n) is 2.52. The monoisotopic (exact) mass is 370 g/mol. The molecule has 0 saturated heterocycles. The van der Waals surface area contributed by atoms with Gasteiger partial charge in [-0.1, -0.05) is 37.7 Å². The summed E-state index contributed by atoms with van der Waals surface area (Å²) in [4.78, 5) is 12.2. The number of amides is 1. The molecule has 0 radical (unpaired) electrons. The Balaban J connectivity index is 1.56. The molecule has 2 heterocycles. The van der Waals surface area contributed by atoms with Gasteiger partial charge in [-0.05, 0) is 42.2 Å². The van der Waals surface area contributed by atoms with Crippen molar-refractivity contribution in [3.8, 4) is 11.6 Å². The Labute approximate surface area is 157 Å². The van der Waals surface area contributed by atoms with Gasteiger partial charge in [-0.25, -0.2) is 0 Å². The fraction of sp³-hybridized carbons (Fsp3) is 0.316. The van der Waals surface area contributed by atoms with E-state index in [1.54, 1.807) is 12.3 Å². The number of carbonyl (C=O) groups excluding carboxylic acids is 1. The number of thioether (sulfide) groups is 1. The van der Waals surface area contributed by atoms with Crippen LogP contribution in [0.5, 0.6) is 0 Å². The summed E-state index contributed by atoms with van der Waals surface area (Å²) in [7, 11) is 1.85. The second-order valence-corrected chi connectivity index (χ2v) is 7.05. The van der Waals surface area contributed by atoms with Gasteiger partial charge in [0.25, 0.3) is 0 Å². The van der Waals surface area contributed by atoms with Gasteiger partial charge in [0.2, 0.25) is 5.91 Å². The number of nitrogens with one attached hydrogen (secondary N) is 1. The van der Waals surface area contributed by atoms with Gasteiger partial charge in [-0.15, -0.1) is 10.2 Å². The quantitative estimate of drug-likeness (QED) is 0.627. The lowest BCUT2D eigenvalue weighted by Crippen LogP contribution is -2.14. The van der Waals surface area contributed by atoms with Crippen LogP contribution in [0.3, 0.4) is 0 Å². The largest absolute Gasteiger partial charge is 0.461 e. The van der Waals surface area contributed by atoms with Crippen LogP contribution in [0.2, 0.25) is 0 Å². The summed E-state index contributed by atoms with van der Waals surface area (Å²) >= 11 is 1.34. The van der Waals surface area contributed by atoms with Gasteiger partial charge in [0.05, 0.1) is 12.0 Å². The third-order valence-electron chi connectivity index (χ3n) is 4.28. The number of furan rings is 1. The van der Waals surface area contributed by atoms with Crippen LogP contribution in [-0.2, 0) is 11.8 Å². The van der Waals surface area contributed by atoms with E-state index in [0.29, 0.717) is 22.7 Å². The molecule has 26 heavy (non-hydrogen) atoms. The van der Waals surface area contributed by atoms with Crippen LogP contribution in [0.1, 0.15) is 31.7 Å². The Morgan fingerprint density at radius 1 is 1.27 bits per heavy atom. The van der Waals surface area contributed by atoms with Crippen molar-refractivity contribution in [3.05, 3.63) is 48.2 Å². The molecule has 3 rings (SSSR count). The van der Waals surface area contributed by atoms with Crippen LogP contribution in [0, 0.1) is 0 Å². The van der Waals surface area contributed by atoms with E-state index >= 15 is 0 Å². The zero-order chi connectivity index (χ0) is 18.5. The summed E-state index contributed by atoms with van der Waals surface area (Å²) in [6.07, 6.45) is 2.69. The van der Waals surface area contributed by atoms with Gasteiger partial charge in [0.1, 0.15) is 0 Å². The van der Waals surface area contributed by atoms with E-state index in [9.17, 15) is 4.79 Å². The predicted octanol–water partition coefficient (Wildman–Crippen LogP) is 4.32. The zero-order valence-corrected chi connectivity index (χ0v) is 15.9. The molecular weight excluding hydrogens is 348 g/mol. The summed E-state index contributed by atoms with van der Waals surface area (Å²) in [5, 5.41) is 11.8. The first-order valence-electron chi connectivity index (χ1n) is 8.54. The summed E-state index contributed by atoms with van der Waals surface area (Å²) < 4.78 is 7.16. The van der Waals surface area contributed by atoms with E-state index in [4.69, 9.17) is 4.42 Å². The summed E-state index contributed by atoms with van der Waals surface area (Å²) in [5.41, 5.74) is 2.08. The molecule has 1 N–H and O–H groups in total. The molecule has 0 aliphatic heterocycles. The lowest BCUT2D eigenvalue weighted by Gasteiger charge is -2.10. The van der Waals surface area contributed by atoms with Crippen molar-refractivity contribution in [1.82, 2.24) is 14.8 Å². The number of hydrogen-bond donors (Lipinski definition) is 1. The number of aromatic nitrogens is 3. The molecule has 136 valence electrons. The van der Waals surface area contributed by atoms with Crippen molar-refractivity contribution in [1.29, 1.82) is 0 Å². The maximum atomic E-state index is 12.2. The highest BCUT2D eigenvalue weighted by molar-refractivity contribution is 7.99. The van der Waals surface area contributed by atoms with Crippen LogP contribution in [0.15, 0.2) is 52.2 Å². The van der Waals surface area contributed by atoms with Crippen LogP contribution in [0.4, 0.5) is 5.69 Å². The standard InChI is InChI=1S/C19H22N4O2S/c1-4-13(2)14-7-9-15(10-8-14)20-17(24)12-26-19-22-21-18(23(19)3)16-6-5-11-25-16/h5-11,13H,4,12H2,1-3H3,(H,20,24). The summed E-state index contributed by atoms with van der Waals surface area (Å²) in [6, 6.07) is 11.7. The van der Waals surface area contributed by atoms with Crippen molar-refractivity contribution in [3.63, 3.8) is 0 Å². The molecule has 0 aliphatic carbocycles. The van der Waals surface area contributed by atoms with Crippen molar-refractivity contribution in [2.75, 3.05) is 11.1 Å². The number of anilines is 1. The Morgan fingerprint density at radius 2 is 2.04 bits per heavy atom. The van der Waals surface area contributed by atoms with E-state index < -0.39 is 0 Å². The van der Waals surface area contributed by atoms with Gasteiger partial charge in [0, 0.05) is 12.7 Å². The maximum Gasteiger partial charge on any atom is 0.234 e. The highest BCUT2D eigenvalue weighted by Gasteiger charge is 2.14. The third kappa shape index (κ3) is 4.16. The average Bonchev–Trinajstić information content (AvgIpc) is 3.29. The number of hydrogen-bond acceptors (Lipinski definition) is 5. The molecule has 7 heteroatoms. The molecule has 0 spiro atoms. The van der Waals surface area contributed by atoms with Crippen molar-refractivity contribution < 1.29 is 9.21 Å². The minimum atomic E-state index is -0.0751. The molecule has 1 unspecified atom stereocenters. The van der Waals surface area contributed by atoms with E-state index in [0.717, 1.165) is 12.1 Å². The van der Waals surface area contributed by atoms with E-state index in [1.165, 1.54) is 17.3 Å². The molecule has 6 nitrogen and oxygen atoms in total. The first-order chi connectivity index (χ1) is 12.6. The molecule has 3 aromatic rings. The molecular formula is C19H22N4O2S. The highest BCUT2D eigenvalue weighted by atomic mass is 32.2. The maximum absolute atomic E-state index is 12.2. The second kappa shape index (κ2) is 8.23. The van der Waals surface area contributed by atoms with Crippen LogP contribution >= 0.6 is 11.8 Å². The number of benzene rings is 1. The smallest absolute Gasteiger partial charge is 0.234 e. The predicted molar refractivity (Wildman–Crippen MR) is 103 cm³/mol. The average molecular weight is 370 g/mol. The lowest BCUT2D eigenvalue weighted by atomic mass is 9.99. The number of rotatable bonds is 7. The van der Waals surface area contributed by atoms with Crippen LogP contribution in [-0.4, -0.2) is 26.4 Å². The van der Waals surface area contributed by atoms with Crippen LogP contribution < -0.4 is 5.32 Å². The first kappa shape index (κ1) is 18.3. The van der Waals surface area contributed by atoms with Gasteiger partial charge in [0.15, 0.2) is 16.7 Å². The third-order valence-corrected chi connectivity index (χ3v) is 5.30.